The summed E-state index contributed by atoms with van der Waals surface area (Å²) >= 11 is 0. The molecule has 0 saturated carbocycles. The molecule has 0 unspecified atom stereocenters. The lowest BCUT2D eigenvalue weighted by molar-refractivity contribution is -0.118. The van der Waals surface area contributed by atoms with E-state index in [4.69, 9.17) is 0 Å². The number of alkyl halides is 6. The molecule has 0 saturated heterocycles. The molecule has 0 aliphatic carbocycles. The molecule has 0 fully saturated rings. The van der Waals surface area contributed by atoms with Crippen molar-refractivity contribution in [1.29, 1.82) is 0 Å². The normalized spacial score (nSPS) is 15.0. The van der Waals surface area contributed by atoms with Crippen molar-refractivity contribution in [3.63, 3.8) is 0 Å². The largest absolute Gasteiger partial charge is 0.412 e. The van der Waals surface area contributed by atoms with Crippen LogP contribution in [0.3, 0.4) is 0 Å². The molecular weight excluding hydrogens is 234 g/mol. The summed E-state index contributed by atoms with van der Waals surface area (Å²) in [7, 11) is 0. The zero-order valence-electron chi connectivity index (χ0n) is 9.10. The zero-order chi connectivity index (χ0) is 13.0. The Balaban J connectivity index is 5.32. The fraction of sp³-hybridized carbons (Fsp3) is 0.800. The van der Waals surface area contributed by atoms with E-state index in [0.717, 1.165) is 6.92 Å². The maximum absolute atomic E-state index is 12.5. The highest BCUT2D eigenvalue weighted by Crippen LogP contribution is 2.39. The third kappa shape index (κ3) is 4.45. The third-order valence-corrected chi connectivity index (χ3v) is 2.18. The van der Waals surface area contributed by atoms with Gasteiger partial charge in [0.1, 0.15) is 0 Å². The van der Waals surface area contributed by atoms with E-state index in [1.54, 1.807) is 6.92 Å². The predicted molar refractivity (Wildman–Crippen MR) is 49.0 cm³/mol. The lowest BCUT2D eigenvalue weighted by Crippen LogP contribution is -2.22. The summed E-state index contributed by atoms with van der Waals surface area (Å²) in [5.41, 5.74) is -2.88. The first kappa shape index (κ1) is 15.3. The lowest BCUT2D eigenvalue weighted by Gasteiger charge is -2.19. The Kier molecular flexibility index (Phi) is 5.35. The molecule has 0 aliphatic rings. The van der Waals surface area contributed by atoms with Crippen molar-refractivity contribution in [2.24, 2.45) is 0 Å². The molecule has 0 atom stereocenters. The van der Waals surface area contributed by atoms with Crippen molar-refractivity contribution in [2.45, 2.75) is 51.9 Å². The van der Waals surface area contributed by atoms with Crippen molar-refractivity contribution in [3.05, 3.63) is 11.1 Å². The van der Waals surface area contributed by atoms with Crippen LogP contribution in [0.4, 0.5) is 26.3 Å². The molecule has 6 heteroatoms. The fourth-order valence-corrected chi connectivity index (χ4v) is 1.40. The van der Waals surface area contributed by atoms with E-state index in [-0.39, 0.29) is 6.42 Å². The Bertz CT molecular complexity index is 245. The van der Waals surface area contributed by atoms with Crippen LogP contribution in [0.1, 0.15) is 39.5 Å². The summed E-state index contributed by atoms with van der Waals surface area (Å²) < 4.78 is 74.5. The van der Waals surface area contributed by atoms with Crippen molar-refractivity contribution in [1.82, 2.24) is 0 Å². The van der Waals surface area contributed by atoms with E-state index >= 15 is 0 Å². The van der Waals surface area contributed by atoms with Gasteiger partial charge in [0, 0.05) is 11.1 Å². The number of rotatable bonds is 4. The highest BCUT2D eigenvalue weighted by atomic mass is 19.4. The van der Waals surface area contributed by atoms with Crippen molar-refractivity contribution < 1.29 is 26.3 Å². The minimum Gasteiger partial charge on any atom is -0.166 e. The molecule has 0 aromatic rings. The maximum Gasteiger partial charge on any atom is 0.412 e. The summed E-state index contributed by atoms with van der Waals surface area (Å²) in [6.07, 6.45) is -10.5. The Morgan fingerprint density at radius 1 is 0.812 bits per heavy atom. The van der Waals surface area contributed by atoms with Gasteiger partial charge in [0.15, 0.2) is 0 Å². The number of allylic oxidation sites excluding steroid dienone is 2. The highest BCUT2D eigenvalue weighted by Gasteiger charge is 2.43. The Hall–Kier alpha value is -0.680. The van der Waals surface area contributed by atoms with Crippen LogP contribution in [0.2, 0.25) is 0 Å². The van der Waals surface area contributed by atoms with Crippen LogP contribution in [0.5, 0.6) is 0 Å². The first-order valence-electron chi connectivity index (χ1n) is 5.01. The third-order valence-electron chi connectivity index (χ3n) is 2.18. The van der Waals surface area contributed by atoms with Crippen LogP contribution in [0.15, 0.2) is 11.1 Å². The van der Waals surface area contributed by atoms with Crippen LogP contribution in [0, 0.1) is 0 Å². The van der Waals surface area contributed by atoms with Gasteiger partial charge in [0.2, 0.25) is 0 Å². The number of unbranched alkanes of at least 4 members (excludes halogenated alkanes) is 1. The van der Waals surface area contributed by atoms with Gasteiger partial charge in [-0.3, -0.25) is 0 Å². The Morgan fingerprint density at radius 2 is 1.25 bits per heavy atom. The molecule has 96 valence electrons. The first-order chi connectivity index (χ1) is 7.14. The fourth-order valence-electron chi connectivity index (χ4n) is 1.40. The molecule has 0 nitrogen and oxygen atoms in total. The smallest absolute Gasteiger partial charge is 0.166 e. The van der Waals surface area contributed by atoms with Crippen molar-refractivity contribution in [2.75, 3.05) is 0 Å². The van der Waals surface area contributed by atoms with Crippen LogP contribution >= 0.6 is 0 Å². The van der Waals surface area contributed by atoms with E-state index in [1.165, 1.54) is 0 Å². The van der Waals surface area contributed by atoms with Gasteiger partial charge in [-0.25, -0.2) is 0 Å². The molecule has 0 spiro atoms. The average molecular weight is 248 g/mol. The Morgan fingerprint density at radius 3 is 1.50 bits per heavy atom. The van der Waals surface area contributed by atoms with Gasteiger partial charge in [-0.05, 0) is 19.3 Å². The summed E-state index contributed by atoms with van der Waals surface area (Å²) in [6, 6.07) is 0. The average Bonchev–Trinajstić information content (AvgIpc) is 2.07. The molecule has 0 bridgehead atoms. The standard InChI is InChI=1S/C10H14F6/c1-3-5-6-8(10(14,15)16)7(4-2)9(11,12)13/h3-6H2,1-2H3. The minimum atomic E-state index is -4.90. The molecule has 16 heavy (non-hydrogen) atoms. The summed E-state index contributed by atoms with van der Waals surface area (Å²) in [5, 5.41) is 0. The van der Waals surface area contributed by atoms with Crippen LogP contribution < -0.4 is 0 Å². The van der Waals surface area contributed by atoms with Gasteiger partial charge in [0.05, 0.1) is 0 Å². The Labute approximate surface area is 90.3 Å². The van der Waals surface area contributed by atoms with Crippen LogP contribution in [-0.2, 0) is 0 Å². The number of halogens is 6. The molecule has 0 amide bonds. The van der Waals surface area contributed by atoms with E-state index < -0.39 is 36.3 Å². The molecule has 0 heterocycles. The van der Waals surface area contributed by atoms with Gasteiger partial charge >= 0.3 is 12.4 Å². The van der Waals surface area contributed by atoms with Crippen molar-refractivity contribution >= 4 is 0 Å². The highest BCUT2D eigenvalue weighted by molar-refractivity contribution is 5.23. The molecule has 0 aromatic heterocycles. The molecule has 0 aliphatic heterocycles. The minimum absolute atomic E-state index is 0.106. The second-order valence-corrected chi connectivity index (χ2v) is 3.41. The first-order valence-corrected chi connectivity index (χ1v) is 5.01. The maximum atomic E-state index is 12.5. The van der Waals surface area contributed by atoms with Gasteiger partial charge in [-0.2, -0.15) is 26.3 Å². The van der Waals surface area contributed by atoms with Gasteiger partial charge in [0.25, 0.3) is 0 Å². The molecular formula is C10H14F6. The van der Waals surface area contributed by atoms with Crippen LogP contribution in [-0.4, -0.2) is 12.4 Å². The monoisotopic (exact) mass is 248 g/mol. The van der Waals surface area contributed by atoms with Gasteiger partial charge in [-0.15, -0.1) is 0 Å². The molecule has 0 aromatic carbocycles. The summed E-state index contributed by atoms with van der Waals surface area (Å²) in [6.45, 7) is 2.72. The molecule has 0 N–H and O–H groups in total. The van der Waals surface area contributed by atoms with Crippen LogP contribution in [0.25, 0.3) is 0 Å². The van der Waals surface area contributed by atoms with Gasteiger partial charge < -0.3 is 0 Å². The van der Waals surface area contributed by atoms with E-state index in [2.05, 4.69) is 0 Å². The van der Waals surface area contributed by atoms with Crippen molar-refractivity contribution in [3.8, 4) is 0 Å². The second kappa shape index (κ2) is 5.59. The number of hydrogen-bond acceptors (Lipinski definition) is 0. The van der Waals surface area contributed by atoms with E-state index in [0.29, 0.717) is 6.42 Å². The molecule has 0 rings (SSSR count). The molecule has 0 radical (unpaired) electrons. The number of hydrogen-bond donors (Lipinski definition) is 0. The topological polar surface area (TPSA) is 0 Å². The summed E-state index contributed by atoms with van der Waals surface area (Å²) in [5.74, 6) is 0. The quantitative estimate of drug-likeness (QED) is 0.484. The summed E-state index contributed by atoms with van der Waals surface area (Å²) in [4.78, 5) is 0. The van der Waals surface area contributed by atoms with Gasteiger partial charge in [-0.1, -0.05) is 20.3 Å². The SMILES string of the molecule is CCCCC(=C(CC)C(F)(F)F)C(F)(F)F. The second-order valence-electron chi connectivity index (χ2n) is 3.41. The lowest BCUT2D eigenvalue weighted by atomic mass is 9.99. The van der Waals surface area contributed by atoms with E-state index in [1.807, 2.05) is 0 Å². The zero-order valence-corrected chi connectivity index (χ0v) is 9.10. The predicted octanol–water partition coefficient (Wildman–Crippen LogP) is 5.01. The van der Waals surface area contributed by atoms with E-state index in [9.17, 15) is 26.3 Å².